The molecule has 1 aromatic rings. The molecule has 3 N–H and O–H groups in total. The number of hydrogen-bond acceptors (Lipinski definition) is 3. The van der Waals surface area contributed by atoms with E-state index in [9.17, 15) is 5.11 Å². The van der Waals surface area contributed by atoms with Crippen LogP contribution in [0, 0.1) is 0 Å². The third-order valence-corrected chi connectivity index (χ3v) is 4.14. The van der Waals surface area contributed by atoms with Crippen molar-refractivity contribution >= 4 is 0 Å². The number of rotatable bonds is 6. The van der Waals surface area contributed by atoms with Crippen LogP contribution in [0.5, 0.6) is 5.75 Å². The Morgan fingerprint density at radius 1 is 1.25 bits per heavy atom. The highest BCUT2D eigenvalue weighted by molar-refractivity contribution is 5.25. The van der Waals surface area contributed by atoms with Crippen molar-refractivity contribution in [3.63, 3.8) is 0 Å². The van der Waals surface area contributed by atoms with Gasteiger partial charge in [-0.05, 0) is 63.4 Å². The Balaban J connectivity index is 1.64. The fourth-order valence-electron chi connectivity index (χ4n) is 2.94. The molecule has 1 heterocycles. The van der Waals surface area contributed by atoms with Crippen molar-refractivity contribution in [2.24, 2.45) is 0 Å². The molecule has 1 saturated heterocycles. The van der Waals surface area contributed by atoms with Gasteiger partial charge in [0.1, 0.15) is 5.75 Å². The van der Waals surface area contributed by atoms with E-state index in [-0.39, 0.29) is 0 Å². The van der Waals surface area contributed by atoms with Crippen LogP contribution in [0.2, 0.25) is 0 Å². The molecule has 20 heavy (non-hydrogen) atoms. The Bertz CT molecular complexity index is 369. The SMILES string of the molecule is CC(CC1CCCCCN1)NCCc1ccc(O)cc1. The second kappa shape index (κ2) is 8.28. The minimum atomic E-state index is 0.342. The molecule has 2 atom stereocenters. The third-order valence-electron chi connectivity index (χ3n) is 4.14. The average Bonchev–Trinajstić information content (AvgIpc) is 2.70. The van der Waals surface area contributed by atoms with Gasteiger partial charge in [-0.3, -0.25) is 0 Å². The second-order valence-electron chi connectivity index (χ2n) is 6.01. The first-order valence-corrected chi connectivity index (χ1v) is 7.99. The molecular weight excluding hydrogens is 248 g/mol. The normalized spacial score (nSPS) is 21.4. The summed E-state index contributed by atoms with van der Waals surface area (Å²) in [6.07, 6.45) is 7.64. The van der Waals surface area contributed by atoms with Crippen LogP contribution >= 0.6 is 0 Å². The molecule has 0 radical (unpaired) electrons. The van der Waals surface area contributed by atoms with E-state index in [0.717, 1.165) is 13.0 Å². The van der Waals surface area contributed by atoms with Gasteiger partial charge in [-0.15, -0.1) is 0 Å². The van der Waals surface area contributed by atoms with Crippen LogP contribution in [-0.4, -0.2) is 30.3 Å². The molecule has 2 unspecified atom stereocenters. The first kappa shape index (κ1) is 15.3. The maximum absolute atomic E-state index is 9.25. The highest BCUT2D eigenvalue weighted by atomic mass is 16.3. The van der Waals surface area contributed by atoms with Crippen molar-refractivity contribution in [2.45, 2.75) is 57.5 Å². The first-order chi connectivity index (χ1) is 9.74. The lowest BCUT2D eigenvalue weighted by Gasteiger charge is -2.21. The van der Waals surface area contributed by atoms with Gasteiger partial charge in [0.2, 0.25) is 0 Å². The van der Waals surface area contributed by atoms with Crippen LogP contribution in [0.15, 0.2) is 24.3 Å². The van der Waals surface area contributed by atoms with Crippen LogP contribution in [-0.2, 0) is 6.42 Å². The Morgan fingerprint density at radius 2 is 2.05 bits per heavy atom. The van der Waals surface area contributed by atoms with Crippen LogP contribution in [0.1, 0.15) is 44.6 Å². The van der Waals surface area contributed by atoms with Crippen LogP contribution in [0.3, 0.4) is 0 Å². The van der Waals surface area contributed by atoms with Gasteiger partial charge in [0.25, 0.3) is 0 Å². The predicted octanol–water partition coefficient (Wildman–Crippen LogP) is 2.84. The van der Waals surface area contributed by atoms with Gasteiger partial charge in [0.15, 0.2) is 0 Å². The van der Waals surface area contributed by atoms with Crippen LogP contribution in [0.4, 0.5) is 0 Å². The lowest BCUT2D eigenvalue weighted by Crippen LogP contribution is -2.37. The zero-order valence-electron chi connectivity index (χ0n) is 12.6. The summed E-state index contributed by atoms with van der Waals surface area (Å²) in [5.41, 5.74) is 1.27. The standard InChI is InChI=1S/C17H28N2O/c1-14(13-16-5-3-2-4-11-19-16)18-12-10-15-6-8-17(20)9-7-15/h6-9,14,16,18-20H,2-5,10-13H2,1H3. The monoisotopic (exact) mass is 276 g/mol. The van der Waals surface area contributed by atoms with E-state index in [1.807, 2.05) is 12.1 Å². The molecule has 112 valence electrons. The van der Waals surface area contributed by atoms with Gasteiger partial charge in [-0.1, -0.05) is 25.0 Å². The molecule has 1 aliphatic rings. The van der Waals surface area contributed by atoms with Crippen molar-refractivity contribution < 1.29 is 5.11 Å². The van der Waals surface area contributed by atoms with E-state index in [4.69, 9.17) is 0 Å². The summed E-state index contributed by atoms with van der Waals surface area (Å²) in [5.74, 6) is 0.342. The van der Waals surface area contributed by atoms with Gasteiger partial charge in [-0.25, -0.2) is 0 Å². The summed E-state index contributed by atoms with van der Waals surface area (Å²) in [4.78, 5) is 0. The summed E-state index contributed by atoms with van der Waals surface area (Å²) in [6.45, 7) is 4.47. The maximum Gasteiger partial charge on any atom is 0.115 e. The van der Waals surface area contributed by atoms with Crippen molar-refractivity contribution in [3.8, 4) is 5.75 Å². The molecular formula is C17H28N2O. The summed E-state index contributed by atoms with van der Waals surface area (Å²) in [7, 11) is 0. The lowest BCUT2D eigenvalue weighted by atomic mass is 10.0. The molecule has 0 amide bonds. The van der Waals surface area contributed by atoms with Crippen LogP contribution < -0.4 is 10.6 Å². The van der Waals surface area contributed by atoms with E-state index in [2.05, 4.69) is 17.6 Å². The van der Waals surface area contributed by atoms with Crippen molar-refractivity contribution in [1.29, 1.82) is 0 Å². The van der Waals surface area contributed by atoms with Gasteiger partial charge in [-0.2, -0.15) is 0 Å². The molecule has 1 fully saturated rings. The topological polar surface area (TPSA) is 44.3 Å². The smallest absolute Gasteiger partial charge is 0.115 e. The number of phenolic OH excluding ortho intramolecular Hbond substituents is 1. The third kappa shape index (κ3) is 5.51. The van der Waals surface area contributed by atoms with E-state index in [1.54, 1.807) is 12.1 Å². The van der Waals surface area contributed by atoms with E-state index in [0.29, 0.717) is 17.8 Å². The van der Waals surface area contributed by atoms with Gasteiger partial charge in [0, 0.05) is 12.1 Å². The number of benzene rings is 1. The number of aromatic hydroxyl groups is 1. The fourth-order valence-corrected chi connectivity index (χ4v) is 2.94. The quantitative estimate of drug-likeness (QED) is 0.748. The van der Waals surface area contributed by atoms with E-state index < -0.39 is 0 Å². The van der Waals surface area contributed by atoms with E-state index >= 15 is 0 Å². The molecule has 0 aromatic heterocycles. The highest BCUT2D eigenvalue weighted by Crippen LogP contribution is 2.13. The first-order valence-electron chi connectivity index (χ1n) is 7.99. The molecule has 3 nitrogen and oxygen atoms in total. The summed E-state index contributed by atoms with van der Waals surface area (Å²) in [5, 5.41) is 16.5. The molecule has 3 heteroatoms. The molecule has 0 aliphatic carbocycles. The Labute approximate surface area is 122 Å². The number of hydrogen-bond donors (Lipinski definition) is 3. The minimum Gasteiger partial charge on any atom is -0.508 e. The van der Waals surface area contributed by atoms with Gasteiger partial charge >= 0.3 is 0 Å². The fraction of sp³-hybridized carbons (Fsp3) is 0.647. The van der Waals surface area contributed by atoms with Gasteiger partial charge in [0.05, 0.1) is 0 Å². The van der Waals surface area contributed by atoms with Crippen molar-refractivity contribution in [3.05, 3.63) is 29.8 Å². The summed E-state index contributed by atoms with van der Waals surface area (Å²) in [6, 6.07) is 8.75. The lowest BCUT2D eigenvalue weighted by molar-refractivity contribution is 0.404. The second-order valence-corrected chi connectivity index (χ2v) is 6.01. The van der Waals surface area contributed by atoms with Crippen molar-refractivity contribution in [2.75, 3.05) is 13.1 Å². The predicted molar refractivity (Wildman–Crippen MR) is 84.2 cm³/mol. The molecule has 1 aromatic carbocycles. The zero-order chi connectivity index (χ0) is 14.2. The van der Waals surface area contributed by atoms with Crippen molar-refractivity contribution in [1.82, 2.24) is 10.6 Å². The highest BCUT2D eigenvalue weighted by Gasteiger charge is 2.14. The Kier molecular flexibility index (Phi) is 6.34. The largest absolute Gasteiger partial charge is 0.508 e. The maximum atomic E-state index is 9.25. The number of nitrogens with one attached hydrogen (secondary N) is 2. The molecule has 0 bridgehead atoms. The van der Waals surface area contributed by atoms with Crippen LogP contribution in [0.25, 0.3) is 0 Å². The Morgan fingerprint density at radius 3 is 2.85 bits per heavy atom. The molecule has 1 aliphatic heterocycles. The minimum absolute atomic E-state index is 0.342. The zero-order valence-corrected chi connectivity index (χ0v) is 12.6. The van der Waals surface area contributed by atoms with E-state index in [1.165, 1.54) is 44.2 Å². The molecule has 2 rings (SSSR count). The average molecular weight is 276 g/mol. The summed E-state index contributed by atoms with van der Waals surface area (Å²) < 4.78 is 0. The van der Waals surface area contributed by atoms with Gasteiger partial charge < -0.3 is 15.7 Å². The number of phenols is 1. The summed E-state index contributed by atoms with van der Waals surface area (Å²) >= 11 is 0. The molecule has 0 saturated carbocycles. The molecule has 0 spiro atoms. The Hall–Kier alpha value is -1.06.